The third-order valence-electron chi connectivity index (χ3n) is 4.44. The van der Waals surface area contributed by atoms with Crippen molar-refractivity contribution in [1.82, 2.24) is 19.9 Å². The molecule has 5 aromatic rings. The number of hydrogen-bond donors (Lipinski definition) is 2. The van der Waals surface area contributed by atoms with Gasteiger partial charge in [0, 0.05) is 17.1 Å². The van der Waals surface area contributed by atoms with Crippen LogP contribution in [0.5, 0.6) is 0 Å². The van der Waals surface area contributed by atoms with Gasteiger partial charge in [-0.1, -0.05) is 36.4 Å². The van der Waals surface area contributed by atoms with Crippen LogP contribution in [0.2, 0.25) is 0 Å². The van der Waals surface area contributed by atoms with E-state index in [-0.39, 0.29) is 5.91 Å². The fraction of sp³-hybridized carbons (Fsp3) is 0.0476. The summed E-state index contributed by atoms with van der Waals surface area (Å²) in [6.07, 6.45) is 1.66. The molecule has 0 atom stereocenters. The Morgan fingerprint density at radius 2 is 1.93 bits per heavy atom. The summed E-state index contributed by atoms with van der Waals surface area (Å²) < 4.78 is 0. The van der Waals surface area contributed by atoms with E-state index in [0.29, 0.717) is 22.0 Å². The first kappa shape index (κ1) is 17.7. The van der Waals surface area contributed by atoms with Gasteiger partial charge < -0.3 is 4.98 Å². The first-order valence-electron chi connectivity index (χ1n) is 8.92. The third-order valence-corrected chi connectivity index (χ3v) is 6.34. The Labute approximate surface area is 174 Å². The Balaban J connectivity index is 1.54. The van der Waals surface area contributed by atoms with Crippen LogP contribution in [0.4, 0.5) is 5.13 Å². The lowest BCUT2D eigenvalue weighted by Crippen LogP contribution is -2.12. The van der Waals surface area contributed by atoms with E-state index in [0.717, 1.165) is 26.7 Å². The zero-order chi connectivity index (χ0) is 19.8. The van der Waals surface area contributed by atoms with Crippen LogP contribution in [-0.2, 0) is 0 Å². The number of fused-ring (bicyclic) bond motifs is 1. The van der Waals surface area contributed by atoms with Crippen molar-refractivity contribution in [1.29, 1.82) is 0 Å². The van der Waals surface area contributed by atoms with Crippen molar-refractivity contribution in [2.75, 3.05) is 5.32 Å². The Morgan fingerprint density at radius 1 is 1.07 bits per heavy atom. The van der Waals surface area contributed by atoms with Gasteiger partial charge in [-0.2, -0.15) is 0 Å². The van der Waals surface area contributed by atoms with E-state index in [2.05, 4.69) is 15.3 Å². The molecule has 3 heterocycles. The molecule has 2 aromatic carbocycles. The number of aryl methyl sites for hydroxylation is 1. The minimum atomic E-state index is -0.227. The number of rotatable bonds is 4. The standard InChI is InChI=1S/C21H15N5OS2/c1-12-17(29-20(23-12)13-6-3-2-4-7-13)18-24-15-9-5-8-14(16(15)25-18)19(27)26-21-22-10-11-28-21/h2-11H,1H3,(H,24,25)(H,22,26,27). The second kappa shape index (κ2) is 7.23. The maximum atomic E-state index is 12.7. The third kappa shape index (κ3) is 3.32. The molecule has 0 unspecified atom stereocenters. The Kier molecular flexibility index (Phi) is 4.42. The molecule has 29 heavy (non-hydrogen) atoms. The molecule has 0 aliphatic rings. The predicted molar refractivity (Wildman–Crippen MR) is 117 cm³/mol. The number of carbonyl (C=O) groups excluding carboxylic acids is 1. The largest absolute Gasteiger partial charge is 0.337 e. The maximum Gasteiger partial charge on any atom is 0.259 e. The lowest BCUT2D eigenvalue weighted by atomic mass is 10.2. The van der Waals surface area contributed by atoms with Gasteiger partial charge in [0.05, 0.1) is 21.7 Å². The van der Waals surface area contributed by atoms with E-state index < -0.39 is 0 Å². The van der Waals surface area contributed by atoms with Crippen molar-refractivity contribution in [3.05, 3.63) is 71.4 Å². The van der Waals surface area contributed by atoms with Crippen LogP contribution in [0.1, 0.15) is 16.1 Å². The molecule has 0 aliphatic carbocycles. The molecule has 0 bridgehead atoms. The molecule has 6 nitrogen and oxygen atoms in total. The first-order valence-corrected chi connectivity index (χ1v) is 10.6. The number of H-pyrrole nitrogens is 1. The van der Waals surface area contributed by atoms with Gasteiger partial charge in [-0.3, -0.25) is 10.1 Å². The lowest BCUT2D eigenvalue weighted by Gasteiger charge is -2.02. The number of anilines is 1. The molecule has 2 N–H and O–H groups in total. The van der Waals surface area contributed by atoms with Crippen LogP contribution in [0.3, 0.4) is 0 Å². The lowest BCUT2D eigenvalue weighted by molar-refractivity contribution is 0.102. The number of amides is 1. The summed E-state index contributed by atoms with van der Waals surface area (Å²) in [5.74, 6) is 0.487. The highest BCUT2D eigenvalue weighted by molar-refractivity contribution is 7.18. The molecule has 0 radical (unpaired) electrons. The number of para-hydroxylation sites is 1. The minimum absolute atomic E-state index is 0.227. The summed E-state index contributed by atoms with van der Waals surface area (Å²) in [5, 5.41) is 6.15. The van der Waals surface area contributed by atoms with E-state index in [1.165, 1.54) is 11.3 Å². The number of thiazole rings is 2. The summed E-state index contributed by atoms with van der Waals surface area (Å²) in [6.45, 7) is 1.97. The predicted octanol–water partition coefficient (Wildman–Crippen LogP) is 5.37. The number of hydrogen-bond acceptors (Lipinski definition) is 6. The molecule has 0 saturated carbocycles. The summed E-state index contributed by atoms with van der Waals surface area (Å²) >= 11 is 2.96. The van der Waals surface area contributed by atoms with Crippen molar-refractivity contribution in [3.8, 4) is 21.3 Å². The monoisotopic (exact) mass is 417 g/mol. The van der Waals surface area contributed by atoms with Crippen molar-refractivity contribution >= 4 is 44.7 Å². The number of aromatic nitrogens is 4. The van der Waals surface area contributed by atoms with Crippen LogP contribution in [0, 0.1) is 6.92 Å². The van der Waals surface area contributed by atoms with Gasteiger partial charge in [0.1, 0.15) is 10.5 Å². The van der Waals surface area contributed by atoms with Gasteiger partial charge in [0.15, 0.2) is 11.0 Å². The maximum absolute atomic E-state index is 12.7. The van der Waals surface area contributed by atoms with E-state index >= 15 is 0 Å². The van der Waals surface area contributed by atoms with Gasteiger partial charge >= 0.3 is 0 Å². The van der Waals surface area contributed by atoms with E-state index in [1.807, 2.05) is 54.8 Å². The van der Waals surface area contributed by atoms with Gasteiger partial charge in [0.2, 0.25) is 0 Å². The Morgan fingerprint density at radius 3 is 2.72 bits per heavy atom. The zero-order valence-corrected chi connectivity index (χ0v) is 17.0. The highest BCUT2D eigenvalue weighted by atomic mass is 32.1. The van der Waals surface area contributed by atoms with E-state index in [4.69, 9.17) is 9.97 Å². The van der Waals surface area contributed by atoms with Gasteiger partial charge in [-0.15, -0.1) is 22.7 Å². The number of benzene rings is 2. The quantitative estimate of drug-likeness (QED) is 0.412. The van der Waals surface area contributed by atoms with Gasteiger partial charge in [0.25, 0.3) is 5.91 Å². The Hall–Kier alpha value is -3.36. The summed E-state index contributed by atoms with van der Waals surface area (Å²) in [7, 11) is 0. The molecule has 0 spiro atoms. The summed E-state index contributed by atoms with van der Waals surface area (Å²) in [4.78, 5) is 30.6. The fourth-order valence-corrected chi connectivity index (χ4v) is 4.63. The number of carbonyl (C=O) groups is 1. The number of aromatic amines is 1. The zero-order valence-electron chi connectivity index (χ0n) is 15.3. The second-order valence-electron chi connectivity index (χ2n) is 6.38. The van der Waals surface area contributed by atoms with E-state index in [9.17, 15) is 4.79 Å². The average molecular weight is 418 g/mol. The van der Waals surface area contributed by atoms with Crippen LogP contribution >= 0.6 is 22.7 Å². The normalized spacial score (nSPS) is 11.1. The molecule has 8 heteroatoms. The highest BCUT2D eigenvalue weighted by Crippen LogP contribution is 2.35. The molecule has 3 aromatic heterocycles. The van der Waals surface area contributed by atoms with Crippen LogP contribution in [0.15, 0.2) is 60.1 Å². The first-order chi connectivity index (χ1) is 14.2. The SMILES string of the molecule is Cc1nc(-c2ccccc2)sc1-c1nc2c(C(=O)Nc3nccs3)cccc2[nH]1. The molecule has 0 aliphatic heterocycles. The van der Waals surface area contributed by atoms with E-state index in [1.54, 1.807) is 23.6 Å². The highest BCUT2D eigenvalue weighted by Gasteiger charge is 2.18. The summed E-state index contributed by atoms with van der Waals surface area (Å²) in [6, 6.07) is 15.6. The topological polar surface area (TPSA) is 83.6 Å². The molecular formula is C21H15N5OS2. The molecule has 1 amide bonds. The van der Waals surface area contributed by atoms with Crippen LogP contribution in [0.25, 0.3) is 32.3 Å². The molecule has 0 fully saturated rings. The van der Waals surface area contributed by atoms with Crippen LogP contribution < -0.4 is 5.32 Å². The minimum Gasteiger partial charge on any atom is -0.337 e. The fourth-order valence-electron chi connectivity index (χ4n) is 3.09. The van der Waals surface area contributed by atoms with Crippen molar-refractivity contribution in [2.45, 2.75) is 6.92 Å². The average Bonchev–Trinajstić information content (AvgIpc) is 3.47. The van der Waals surface area contributed by atoms with Crippen LogP contribution in [-0.4, -0.2) is 25.8 Å². The van der Waals surface area contributed by atoms with Crippen molar-refractivity contribution in [2.24, 2.45) is 0 Å². The van der Waals surface area contributed by atoms with Gasteiger partial charge in [-0.25, -0.2) is 15.0 Å². The molecule has 5 rings (SSSR count). The number of nitrogens with one attached hydrogen (secondary N) is 2. The summed E-state index contributed by atoms with van der Waals surface area (Å²) in [5.41, 5.74) is 3.92. The van der Waals surface area contributed by atoms with Gasteiger partial charge in [-0.05, 0) is 19.1 Å². The Bertz CT molecular complexity index is 1310. The number of imidazole rings is 1. The van der Waals surface area contributed by atoms with Crippen molar-refractivity contribution < 1.29 is 4.79 Å². The number of nitrogens with zero attached hydrogens (tertiary/aromatic N) is 3. The molecular weight excluding hydrogens is 402 g/mol. The smallest absolute Gasteiger partial charge is 0.259 e. The molecule has 142 valence electrons. The molecule has 0 saturated heterocycles. The van der Waals surface area contributed by atoms with Crippen molar-refractivity contribution in [3.63, 3.8) is 0 Å². The second-order valence-corrected chi connectivity index (χ2v) is 8.27.